The first kappa shape index (κ1) is 16.8. The maximum atomic E-state index is 10.8. The van der Waals surface area contributed by atoms with Crippen molar-refractivity contribution < 1.29 is 24.1 Å². The Morgan fingerprint density at radius 3 is 2.15 bits per heavy atom. The Bertz CT molecular complexity index is 864. The normalized spacial score (nSPS) is 20.0. The van der Waals surface area contributed by atoms with Crippen LogP contribution in [-0.4, -0.2) is 45.0 Å². The number of phenolic OH excluding ortho intramolecular Hbond substituents is 1. The predicted octanol–water partition coefficient (Wildman–Crippen LogP) is 2.89. The van der Waals surface area contributed by atoms with E-state index in [1.165, 1.54) is 11.1 Å². The lowest BCUT2D eigenvalue weighted by Gasteiger charge is -2.41. The second kappa shape index (κ2) is 6.29. The van der Waals surface area contributed by atoms with E-state index < -0.39 is 0 Å². The summed E-state index contributed by atoms with van der Waals surface area (Å²) in [5.74, 6) is 2.69. The Hall–Kier alpha value is -2.60. The van der Waals surface area contributed by atoms with Gasteiger partial charge < -0.3 is 24.1 Å². The van der Waals surface area contributed by atoms with Crippen LogP contribution in [0.4, 0.5) is 0 Å². The molecule has 0 saturated heterocycles. The van der Waals surface area contributed by atoms with E-state index in [2.05, 4.69) is 17.0 Å². The van der Waals surface area contributed by atoms with Gasteiger partial charge in [-0.2, -0.15) is 0 Å². The minimum atomic E-state index is 0.132. The van der Waals surface area contributed by atoms with Gasteiger partial charge in [-0.3, -0.25) is 4.90 Å². The van der Waals surface area contributed by atoms with Crippen molar-refractivity contribution in [1.82, 2.24) is 4.90 Å². The van der Waals surface area contributed by atoms with Gasteiger partial charge in [-0.25, -0.2) is 0 Å². The Balaban J connectivity index is 1.91. The minimum Gasteiger partial charge on any atom is -0.504 e. The van der Waals surface area contributed by atoms with Crippen LogP contribution in [0.5, 0.6) is 28.7 Å². The average Bonchev–Trinajstić information content (AvgIpc) is 2.67. The molecule has 2 aromatic rings. The molecule has 0 saturated carbocycles. The summed E-state index contributed by atoms with van der Waals surface area (Å²) >= 11 is 0. The summed E-state index contributed by atoms with van der Waals surface area (Å²) in [6.07, 6.45) is 0. The molecular formula is C20H23NO5. The van der Waals surface area contributed by atoms with E-state index in [9.17, 15) is 5.11 Å². The Labute approximate surface area is 152 Å². The third kappa shape index (κ3) is 2.36. The highest BCUT2D eigenvalue weighted by molar-refractivity contribution is 5.63. The summed E-state index contributed by atoms with van der Waals surface area (Å²) in [6.45, 7) is 2.37. The lowest BCUT2D eigenvalue weighted by molar-refractivity contribution is 0.208. The molecule has 6 heteroatoms. The van der Waals surface area contributed by atoms with Gasteiger partial charge in [0.15, 0.2) is 23.0 Å². The Morgan fingerprint density at radius 2 is 1.50 bits per heavy atom. The maximum absolute atomic E-state index is 10.8. The van der Waals surface area contributed by atoms with Gasteiger partial charge in [-0.15, -0.1) is 0 Å². The van der Waals surface area contributed by atoms with Crippen LogP contribution in [0.15, 0.2) is 18.2 Å². The van der Waals surface area contributed by atoms with E-state index >= 15 is 0 Å². The summed E-state index contributed by atoms with van der Waals surface area (Å²) in [5.41, 5.74) is 4.40. The molecule has 2 atom stereocenters. The van der Waals surface area contributed by atoms with Gasteiger partial charge in [0.05, 0.1) is 28.4 Å². The topological polar surface area (TPSA) is 60.4 Å². The van der Waals surface area contributed by atoms with Crippen LogP contribution < -0.4 is 18.9 Å². The molecule has 0 aromatic heterocycles. The van der Waals surface area contributed by atoms with E-state index in [1.807, 2.05) is 6.07 Å². The van der Waals surface area contributed by atoms with Crippen LogP contribution in [-0.2, 0) is 13.1 Å². The van der Waals surface area contributed by atoms with Gasteiger partial charge in [0.1, 0.15) is 0 Å². The van der Waals surface area contributed by atoms with Crippen molar-refractivity contribution in [3.63, 3.8) is 0 Å². The van der Waals surface area contributed by atoms with Crippen LogP contribution >= 0.6 is 0 Å². The predicted molar refractivity (Wildman–Crippen MR) is 96.7 cm³/mol. The van der Waals surface area contributed by atoms with E-state index in [-0.39, 0.29) is 11.7 Å². The van der Waals surface area contributed by atoms with Crippen molar-refractivity contribution in [2.24, 2.45) is 0 Å². The molecular weight excluding hydrogens is 334 g/mol. The highest BCUT2D eigenvalue weighted by Gasteiger charge is 2.36. The number of aromatic hydroxyl groups is 1. The molecule has 2 aliphatic rings. The summed E-state index contributed by atoms with van der Waals surface area (Å²) < 4.78 is 21.8. The number of hydrogen-bond donors (Lipinski definition) is 1. The third-order valence-corrected chi connectivity index (χ3v) is 5.40. The fourth-order valence-electron chi connectivity index (χ4n) is 4.18. The summed E-state index contributed by atoms with van der Waals surface area (Å²) in [6, 6.07) is 6.10. The van der Waals surface area contributed by atoms with Gasteiger partial charge in [-0.05, 0) is 34.9 Å². The molecule has 2 heterocycles. The molecule has 0 fully saturated rings. The lowest BCUT2D eigenvalue weighted by Crippen LogP contribution is -2.38. The first-order valence-electron chi connectivity index (χ1n) is 8.55. The number of rotatable bonds is 4. The fourth-order valence-corrected chi connectivity index (χ4v) is 4.18. The zero-order valence-corrected chi connectivity index (χ0v) is 15.5. The smallest absolute Gasteiger partial charge is 0.203 e. The molecule has 1 N–H and O–H groups in total. The number of ether oxygens (including phenoxy) is 4. The molecule has 0 amide bonds. The van der Waals surface area contributed by atoms with Gasteiger partial charge in [-0.1, -0.05) is 0 Å². The first-order valence-corrected chi connectivity index (χ1v) is 8.55. The molecule has 26 heavy (non-hydrogen) atoms. The lowest BCUT2D eigenvalue weighted by atomic mass is 9.79. The van der Waals surface area contributed by atoms with Gasteiger partial charge in [0, 0.05) is 31.1 Å². The molecule has 0 spiro atoms. The van der Waals surface area contributed by atoms with E-state index in [0.717, 1.165) is 35.7 Å². The zero-order valence-electron chi connectivity index (χ0n) is 15.5. The summed E-state index contributed by atoms with van der Waals surface area (Å²) in [7, 11) is 6.43. The average molecular weight is 357 g/mol. The van der Waals surface area contributed by atoms with E-state index in [1.54, 1.807) is 28.4 Å². The van der Waals surface area contributed by atoms with Crippen molar-refractivity contribution in [2.45, 2.75) is 19.0 Å². The number of nitrogens with zero attached hydrogens (tertiary/aromatic N) is 1. The fraction of sp³-hybridized carbons (Fsp3) is 0.400. The molecule has 2 aliphatic heterocycles. The van der Waals surface area contributed by atoms with Crippen LogP contribution in [0.1, 0.15) is 28.2 Å². The molecule has 2 aromatic carbocycles. The second-order valence-corrected chi connectivity index (χ2v) is 6.66. The molecule has 138 valence electrons. The molecule has 0 aliphatic carbocycles. The monoisotopic (exact) mass is 357 g/mol. The van der Waals surface area contributed by atoms with Crippen molar-refractivity contribution in [1.29, 1.82) is 0 Å². The Kier molecular flexibility index (Phi) is 4.07. The number of methoxy groups -OCH3 is 4. The third-order valence-electron chi connectivity index (χ3n) is 5.40. The van der Waals surface area contributed by atoms with Gasteiger partial charge >= 0.3 is 0 Å². The molecule has 4 rings (SSSR count). The quantitative estimate of drug-likeness (QED) is 0.908. The number of benzene rings is 2. The largest absolute Gasteiger partial charge is 0.504 e. The van der Waals surface area contributed by atoms with Gasteiger partial charge in [0.2, 0.25) is 5.75 Å². The van der Waals surface area contributed by atoms with Crippen LogP contribution in [0.2, 0.25) is 0 Å². The highest BCUT2D eigenvalue weighted by Crippen LogP contribution is 2.50. The van der Waals surface area contributed by atoms with Gasteiger partial charge in [0.25, 0.3) is 0 Å². The molecule has 0 radical (unpaired) electrons. The summed E-state index contributed by atoms with van der Waals surface area (Å²) in [4.78, 5) is 2.33. The van der Waals surface area contributed by atoms with Crippen LogP contribution in [0, 0.1) is 0 Å². The van der Waals surface area contributed by atoms with Crippen LogP contribution in [0.3, 0.4) is 0 Å². The highest BCUT2D eigenvalue weighted by atomic mass is 16.5. The Morgan fingerprint density at radius 1 is 0.846 bits per heavy atom. The maximum Gasteiger partial charge on any atom is 0.203 e. The molecule has 6 nitrogen and oxygen atoms in total. The number of phenols is 1. The van der Waals surface area contributed by atoms with E-state index in [4.69, 9.17) is 18.9 Å². The number of fused-ring (bicyclic) bond motifs is 6. The standard InChI is InChI=1S/C20H23NO5/c1-23-16-5-11-8-21-9-14(12(11)6-17(16)24-2)13-7-18(25-3)20(26-4)19(22)15(13)10-21/h5-7,14,22H,8-10H2,1-4H3. The second-order valence-electron chi connectivity index (χ2n) is 6.66. The zero-order chi connectivity index (χ0) is 18.4. The van der Waals surface area contributed by atoms with Crippen molar-refractivity contribution in [2.75, 3.05) is 35.0 Å². The molecule has 2 unspecified atom stereocenters. The van der Waals surface area contributed by atoms with Crippen molar-refractivity contribution in [3.05, 3.63) is 40.5 Å². The minimum absolute atomic E-state index is 0.132. The number of hydrogen-bond acceptors (Lipinski definition) is 6. The summed E-state index contributed by atoms with van der Waals surface area (Å²) in [5, 5.41) is 10.8. The van der Waals surface area contributed by atoms with Crippen molar-refractivity contribution in [3.8, 4) is 28.7 Å². The van der Waals surface area contributed by atoms with E-state index in [0.29, 0.717) is 18.0 Å². The SMILES string of the molecule is COc1cc2c(cc1OC)C1CN(C2)Cc2c1cc(OC)c(OC)c2O. The van der Waals surface area contributed by atoms with Crippen LogP contribution in [0.25, 0.3) is 0 Å². The molecule has 2 bridgehead atoms. The van der Waals surface area contributed by atoms with Crippen molar-refractivity contribution >= 4 is 0 Å². The first-order chi connectivity index (χ1) is 12.6.